The van der Waals surface area contributed by atoms with E-state index in [1.807, 2.05) is 43.3 Å². The van der Waals surface area contributed by atoms with Crippen LogP contribution in [0.3, 0.4) is 0 Å². The van der Waals surface area contributed by atoms with Gasteiger partial charge in [-0.15, -0.1) is 0 Å². The molecule has 1 unspecified atom stereocenters. The van der Waals surface area contributed by atoms with Crippen LogP contribution in [-0.4, -0.2) is 36.0 Å². The fourth-order valence-electron chi connectivity index (χ4n) is 3.90. The summed E-state index contributed by atoms with van der Waals surface area (Å²) >= 11 is -1.53. The van der Waals surface area contributed by atoms with Gasteiger partial charge in [0.2, 0.25) is 9.84 Å². The first-order valence-corrected chi connectivity index (χ1v) is 13.9. The molecule has 0 saturated carbocycles. The first kappa shape index (κ1) is 24.2. The van der Waals surface area contributed by atoms with Crippen molar-refractivity contribution in [2.24, 2.45) is 0 Å². The van der Waals surface area contributed by atoms with Gasteiger partial charge in [-0.2, -0.15) is 5.10 Å². The van der Waals surface area contributed by atoms with Crippen molar-refractivity contribution in [3.63, 3.8) is 0 Å². The van der Waals surface area contributed by atoms with Crippen LogP contribution in [0.5, 0.6) is 5.75 Å². The minimum Gasteiger partial charge on any atom is -0.493 e. The molecule has 0 saturated heterocycles. The Morgan fingerprint density at radius 2 is 1.67 bits per heavy atom. The molecule has 0 bridgehead atoms. The summed E-state index contributed by atoms with van der Waals surface area (Å²) in [5, 5.41) is 8.86. The van der Waals surface area contributed by atoms with Crippen LogP contribution in [0.2, 0.25) is 0 Å². The SMILES string of the molecule is Cc1ccc(S(=O)OCCCOc2ccc3n[nH]c(S(=O)(=O)c4cccc5ccccc45)c3c2)cc1. The Hall–Kier alpha value is -3.53. The molecule has 1 N–H and O–H groups in total. The molecule has 36 heavy (non-hydrogen) atoms. The van der Waals surface area contributed by atoms with Gasteiger partial charge < -0.3 is 4.74 Å². The standard InChI is InChI=1S/C27H24N2O5S2/c1-19-10-13-22(14-11-19)35(30)34-17-5-16-33-21-12-15-25-24(18-21)27(29-28-25)36(31,32)26-9-4-7-20-6-2-3-8-23(20)26/h2-4,6-15,18H,5,16-17H2,1H3,(H,28,29). The molecular weight excluding hydrogens is 496 g/mol. The Morgan fingerprint density at radius 3 is 2.50 bits per heavy atom. The zero-order valence-corrected chi connectivity index (χ0v) is 21.1. The maximum Gasteiger partial charge on any atom is 0.224 e. The smallest absolute Gasteiger partial charge is 0.224 e. The van der Waals surface area contributed by atoms with Crippen LogP contribution in [0, 0.1) is 6.92 Å². The third kappa shape index (κ3) is 4.90. The largest absolute Gasteiger partial charge is 0.493 e. The fourth-order valence-corrected chi connectivity index (χ4v) is 6.24. The molecule has 184 valence electrons. The predicted molar refractivity (Wildman–Crippen MR) is 139 cm³/mol. The zero-order valence-electron chi connectivity index (χ0n) is 19.5. The number of hydrogen-bond acceptors (Lipinski definition) is 6. The van der Waals surface area contributed by atoms with Gasteiger partial charge in [0.25, 0.3) is 0 Å². The summed E-state index contributed by atoms with van der Waals surface area (Å²) in [5.41, 5.74) is 1.62. The Labute approximate surface area is 211 Å². The van der Waals surface area contributed by atoms with E-state index in [1.54, 1.807) is 48.5 Å². The number of benzene rings is 4. The predicted octanol–water partition coefficient (Wildman–Crippen LogP) is 5.37. The van der Waals surface area contributed by atoms with Gasteiger partial charge in [-0.1, -0.05) is 54.1 Å². The number of sulfone groups is 1. The topological polar surface area (TPSA) is 98.3 Å². The van der Waals surface area contributed by atoms with Gasteiger partial charge in [-0.05, 0) is 48.7 Å². The third-order valence-electron chi connectivity index (χ3n) is 5.76. The third-order valence-corrected chi connectivity index (χ3v) is 8.58. The maximum atomic E-state index is 13.6. The summed E-state index contributed by atoms with van der Waals surface area (Å²) in [5.74, 6) is 0.512. The van der Waals surface area contributed by atoms with Crippen molar-refractivity contribution in [3.8, 4) is 5.75 Å². The molecule has 0 radical (unpaired) electrons. The molecule has 0 fully saturated rings. The molecule has 0 aliphatic carbocycles. The van der Waals surface area contributed by atoms with Crippen molar-refractivity contribution in [1.29, 1.82) is 0 Å². The number of hydrogen-bond donors (Lipinski definition) is 1. The molecule has 0 aliphatic heterocycles. The van der Waals surface area contributed by atoms with E-state index in [0.717, 1.165) is 10.9 Å². The lowest BCUT2D eigenvalue weighted by Gasteiger charge is -2.09. The van der Waals surface area contributed by atoms with Crippen LogP contribution in [0.4, 0.5) is 0 Å². The Morgan fingerprint density at radius 1 is 0.889 bits per heavy atom. The molecule has 5 rings (SSSR count). The van der Waals surface area contributed by atoms with Crippen LogP contribution in [0.15, 0.2) is 99.7 Å². The summed E-state index contributed by atoms with van der Waals surface area (Å²) in [7, 11) is -3.86. The molecule has 0 aliphatic rings. The molecule has 1 atom stereocenters. The molecule has 9 heteroatoms. The van der Waals surface area contributed by atoms with Crippen LogP contribution in [0.25, 0.3) is 21.7 Å². The molecule has 0 amide bonds. The fraction of sp³-hybridized carbons (Fsp3) is 0.148. The van der Waals surface area contributed by atoms with E-state index < -0.39 is 20.9 Å². The van der Waals surface area contributed by atoms with Gasteiger partial charge in [0, 0.05) is 17.2 Å². The second-order valence-corrected chi connectivity index (χ2v) is 11.3. The molecule has 4 aromatic carbocycles. The lowest BCUT2D eigenvalue weighted by atomic mass is 10.1. The number of aromatic amines is 1. The quantitative estimate of drug-likeness (QED) is 0.263. The number of nitrogens with zero attached hydrogens (tertiary/aromatic N) is 1. The van der Waals surface area contributed by atoms with Crippen molar-refractivity contribution >= 4 is 42.6 Å². The van der Waals surface area contributed by atoms with Crippen LogP contribution >= 0.6 is 0 Å². The van der Waals surface area contributed by atoms with E-state index in [1.165, 1.54) is 0 Å². The molecule has 1 heterocycles. The lowest BCUT2D eigenvalue weighted by Crippen LogP contribution is -2.06. The summed E-state index contributed by atoms with van der Waals surface area (Å²) in [6.07, 6.45) is 0.516. The van der Waals surface area contributed by atoms with E-state index in [2.05, 4.69) is 10.2 Å². The van der Waals surface area contributed by atoms with Gasteiger partial charge >= 0.3 is 0 Å². The van der Waals surface area contributed by atoms with Crippen LogP contribution in [-0.2, 0) is 25.1 Å². The highest BCUT2D eigenvalue weighted by Gasteiger charge is 2.25. The van der Waals surface area contributed by atoms with Crippen LogP contribution in [0.1, 0.15) is 12.0 Å². The molecular formula is C27H24N2O5S2. The van der Waals surface area contributed by atoms with Crippen LogP contribution < -0.4 is 4.74 Å². The van der Waals surface area contributed by atoms with Gasteiger partial charge in [0.05, 0.1) is 28.5 Å². The summed E-state index contributed by atoms with van der Waals surface area (Å²) in [4.78, 5) is 0.836. The highest BCUT2D eigenvalue weighted by Crippen LogP contribution is 2.32. The molecule has 0 spiro atoms. The summed E-state index contributed by atoms with van der Waals surface area (Å²) in [6, 6.07) is 25.1. The molecule has 7 nitrogen and oxygen atoms in total. The monoisotopic (exact) mass is 520 g/mol. The lowest BCUT2D eigenvalue weighted by molar-refractivity contribution is 0.260. The number of aromatic nitrogens is 2. The minimum atomic E-state index is -3.86. The number of aryl methyl sites for hydroxylation is 1. The normalized spacial score (nSPS) is 12.7. The Balaban J connectivity index is 1.28. The van der Waals surface area contributed by atoms with Gasteiger partial charge in [0.1, 0.15) is 5.75 Å². The average Bonchev–Trinajstić information content (AvgIpc) is 3.32. The van der Waals surface area contributed by atoms with Crippen molar-refractivity contribution < 1.29 is 21.5 Å². The van der Waals surface area contributed by atoms with Crippen molar-refractivity contribution in [1.82, 2.24) is 10.2 Å². The van der Waals surface area contributed by atoms with Gasteiger partial charge in [0.15, 0.2) is 16.1 Å². The van der Waals surface area contributed by atoms with Crippen molar-refractivity contribution in [2.75, 3.05) is 13.2 Å². The Bertz CT molecular complexity index is 1660. The number of rotatable bonds is 9. The van der Waals surface area contributed by atoms with E-state index in [-0.39, 0.29) is 16.5 Å². The van der Waals surface area contributed by atoms with Crippen molar-refractivity contribution in [2.45, 2.75) is 28.2 Å². The van der Waals surface area contributed by atoms with E-state index in [4.69, 9.17) is 8.92 Å². The number of ether oxygens (including phenoxy) is 1. The van der Waals surface area contributed by atoms with E-state index >= 15 is 0 Å². The van der Waals surface area contributed by atoms with Gasteiger partial charge in [-0.25, -0.2) is 12.6 Å². The maximum absolute atomic E-state index is 13.6. The number of H-pyrrole nitrogens is 1. The number of nitrogens with one attached hydrogen (secondary N) is 1. The van der Waals surface area contributed by atoms with Gasteiger partial charge in [-0.3, -0.25) is 9.28 Å². The molecule has 1 aromatic heterocycles. The van der Waals surface area contributed by atoms with Crippen molar-refractivity contribution in [3.05, 3.63) is 90.5 Å². The Kier molecular flexibility index (Phi) is 6.86. The molecule has 5 aromatic rings. The second kappa shape index (κ2) is 10.2. The summed E-state index contributed by atoms with van der Waals surface area (Å²) < 4.78 is 50.6. The zero-order chi connectivity index (χ0) is 25.1. The second-order valence-electron chi connectivity index (χ2n) is 8.28. The highest BCUT2D eigenvalue weighted by molar-refractivity contribution is 7.91. The minimum absolute atomic E-state index is 0.0242. The summed E-state index contributed by atoms with van der Waals surface area (Å²) in [6.45, 7) is 2.54. The average molecular weight is 521 g/mol. The first-order valence-electron chi connectivity index (χ1n) is 11.4. The van der Waals surface area contributed by atoms with E-state index in [9.17, 15) is 12.6 Å². The number of fused-ring (bicyclic) bond motifs is 2. The first-order chi connectivity index (χ1) is 17.4. The highest BCUT2D eigenvalue weighted by atomic mass is 32.2. The van der Waals surface area contributed by atoms with E-state index in [0.29, 0.717) is 40.0 Å².